The molecular formula is C27H46O3. The molecule has 1 aromatic rings. The van der Waals surface area contributed by atoms with E-state index in [1.54, 1.807) is 6.92 Å². The van der Waals surface area contributed by atoms with Crippen molar-refractivity contribution in [3.63, 3.8) is 0 Å². The highest BCUT2D eigenvalue weighted by Gasteiger charge is 2.21. The van der Waals surface area contributed by atoms with Crippen LogP contribution in [-0.4, -0.2) is 18.2 Å². The van der Waals surface area contributed by atoms with Gasteiger partial charge < -0.3 is 9.84 Å². The first-order chi connectivity index (χ1) is 14.6. The molecule has 1 rings (SSSR count). The van der Waals surface area contributed by atoms with E-state index in [9.17, 15) is 9.90 Å². The van der Waals surface area contributed by atoms with Crippen LogP contribution < -0.4 is 0 Å². The molecule has 0 bridgehead atoms. The molecule has 0 amide bonds. The molecule has 1 N–H and O–H groups in total. The normalized spacial score (nSPS) is 13.2. The quantitative estimate of drug-likeness (QED) is 0.195. The third-order valence-corrected chi connectivity index (χ3v) is 6.15. The number of aliphatic hydroxyl groups is 1. The van der Waals surface area contributed by atoms with Gasteiger partial charge in [-0.3, -0.25) is 4.79 Å². The fraction of sp³-hybridized carbons (Fsp3) is 0.741. The van der Waals surface area contributed by atoms with E-state index in [0.29, 0.717) is 0 Å². The first kappa shape index (κ1) is 26.7. The number of hydrogen-bond acceptors (Lipinski definition) is 3. The zero-order chi connectivity index (χ0) is 22.0. The molecule has 0 spiro atoms. The van der Waals surface area contributed by atoms with Gasteiger partial charge in [-0.25, -0.2) is 0 Å². The van der Waals surface area contributed by atoms with Gasteiger partial charge in [-0.1, -0.05) is 121 Å². The van der Waals surface area contributed by atoms with Crippen LogP contribution in [0.2, 0.25) is 0 Å². The van der Waals surface area contributed by atoms with E-state index in [1.807, 2.05) is 24.3 Å². The number of ether oxygens (including phenoxy) is 1. The van der Waals surface area contributed by atoms with E-state index in [4.69, 9.17) is 4.74 Å². The number of aliphatic hydroxyl groups excluding tert-OH is 1. The monoisotopic (exact) mass is 418 g/mol. The summed E-state index contributed by atoms with van der Waals surface area (Å²) < 4.78 is 5.03. The van der Waals surface area contributed by atoms with Crippen molar-refractivity contribution in [1.82, 2.24) is 0 Å². The lowest BCUT2D eigenvalue weighted by Gasteiger charge is -2.16. The van der Waals surface area contributed by atoms with Crippen molar-refractivity contribution >= 4 is 5.97 Å². The summed E-state index contributed by atoms with van der Waals surface area (Å²) in [5.74, 6) is -0.357. The van der Waals surface area contributed by atoms with Crippen molar-refractivity contribution in [3.05, 3.63) is 35.4 Å². The smallest absolute Gasteiger partial charge is 0.313 e. The molecule has 172 valence electrons. The molecule has 3 nitrogen and oxygen atoms in total. The molecule has 0 saturated carbocycles. The van der Waals surface area contributed by atoms with Gasteiger partial charge in [0.25, 0.3) is 0 Å². The van der Waals surface area contributed by atoms with Crippen LogP contribution in [0.3, 0.4) is 0 Å². The van der Waals surface area contributed by atoms with Crippen molar-refractivity contribution in [2.75, 3.05) is 7.11 Å². The molecule has 0 radical (unpaired) electrons. The van der Waals surface area contributed by atoms with Crippen LogP contribution in [0, 0.1) is 0 Å². The third kappa shape index (κ3) is 11.7. The fourth-order valence-corrected chi connectivity index (χ4v) is 4.11. The Hall–Kier alpha value is -1.35. The standard InChI is InChI=1S/C27H46O3/c1-4-5-6-7-8-9-10-11-12-13-14-15-16-17-18-26(27(29)30-3)25-21-19-24(20-22-25)23(2)28/h19-23,26,28H,4-18H2,1-3H3. The van der Waals surface area contributed by atoms with Gasteiger partial charge in [-0.2, -0.15) is 0 Å². The minimum Gasteiger partial charge on any atom is -0.469 e. The number of hydrogen-bond donors (Lipinski definition) is 1. The summed E-state index contributed by atoms with van der Waals surface area (Å²) in [5.41, 5.74) is 1.86. The molecule has 2 unspecified atom stereocenters. The van der Waals surface area contributed by atoms with Crippen LogP contribution in [0.1, 0.15) is 133 Å². The molecular weight excluding hydrogens is 372 g/mol. The number of esters is 1. The summed E-state index contributed by atoms with van der Waals surface area (Å²) in [7, 11) is 1.46. The summed E-state index contributed by atoms with van der Waals surface area (Å²) in [6.07, 6.45) is 19.1. The summed E-state index contributed by atoms with van der Waals surface area (Å²) >= 11 is 0. The average molecular weight is 419 g/mol. The van der Waals surface area contributed by atoms with Crippen LogP contribution in [0.5, 0.6) is 0 Å². The summed E-state index contributed by atoms with van der Waals surface area (Å²) in [6.45, 7) is 4.02. The van der Waals surface area contributed by atoms with Gasteiger partial charge in [0, 0.05) is 0 Å². The first-order valence-electron chi connectivity index (χ1n) is 12.5. The largest absolute Gasteiger partial charge is 0.469 e. The predicted molar refractivity (Wildman–Crippen MR) is 127 cm³/mol. The molecule has 0 aliphatic heterocycles. The van der Waals surface area contributed by atoms with Crippen LogP contribution in [-0.2, 0) is 9.53 Å². The number of rotatable bonds is 18. The van der Waals surface area contributed by atoms with Crippen LogP contribution in [0.4, 0.5) is 0 Å². The molecule has 0 heterocycles. The van der Waals surface area contributed by atoms with Gasteiger partial charge >= 0.3 is 5.97 Å². The van der Waals surface area contributed by atoms with Crippen LogP contribution >= 0.6 is 0 Å². The Morgan fingerprint density at radius 3 is 1.57 bits per heavy atom. The Morgan fingerprint density at radius 1 is 0.767 bits per heavy atom. The van der Waals surface area contributed by atoms with Crippen molar-refractivity contribution in [2.45, 2.75) is 122 Å². The zero-order valence-electron chi connectivity index (χ0n) is 19.8. The molecule has 0 saturated heterocycles. The minimum absolute atomic E-state index is 0.158. The maximum Gasteiger partial charge on any atom is 0.313 e. The van der Waals surface area contributed by atoms with Crippen molar-refractivity contribution in [1.29, 1.82) is 0 Å². The Bertz CT molecular complexity index is 536. The second-order valence-corrected chi connectivity index (χ2v) is 8.80. The molecule has 30 heavy (non-hydrogen) atoms. The van der Waals surface area contributed by atoms with Crippen molar-refractivity contribution in [2.24, 2.45) is 0 Å². The Kier molecular flexibility index (Phi) is 15.4. The SMILES string of the molecule is CCCCCCCCCCCCCCCCC(C(=O)OC)c1ccc(C(C)O)cc1. The van der Waals surface area contributed by atoms with Crippen LogP contribution in [0.25, 0.3) is 0 Å². The Morgan fingerprint density at radius 2 is 1.17 bits per heavy atom. The summed E-state index contributed by atoms with van der Waals surface area (Å²) in [5, 5.41) is 9.66. The maximum absolute atomic E-state index is 12.2. The predicted octanol–water partition coefficient (Wildman–Crippen LogP) is 7.87. The second kappa shape index (κ2) is 17.3. The highest BCUT2D eigenvalue weighted by atomic mass is 16.5. The topological polar surface area (TPSA) is 46.5 Å². The number of methoxy groups -OCH3 is 1. The van der Waals surface area contributed by atoms with Crippen molar-refractivity contribution in [3.8, 4) is 0 Å². The highest BCUT2D eigenvalue weighted by Crippen LogP contribution is 2.26. The van der Waals surface area contributed by atoms with E-state index in [1.165, 1.54) is 90.6 Å². The van der Waals surface area contributed by atoms with Gasteiger partial charge in [0.15, 0.2) is 0 Å². The fourth-order valence-electron chi connectivity index (χ4n) is 4.11. The average Bonchev–Trinajstić information content (AvgIpc) is 2.76. The number of carbonyl (C=O) groups is 1. The summed E-state index contributed by atoms with van der Waals surface area (Å²) in [4.78, 5) is 12.2. The molecule has 0 aromatic heterocycles. The van der Waals surface area contributed by atoms with Crippen molar-refractivity contribution < 1.29 is 14.6 Å². The van der Waals surface area contributed by atoms with Gasteiger partial charge in [0.2, 0.25) is 0 Å². The van der Waals surface area contributed by atoms with E-state index in [0.717, 1.165) is 24.0 Å². The number of carbonyl (C=O) groups excluding carboxylic acids is 1. The van der Waals surface area contributed by atoms with Gasteiger partial charge in [0.05, 0.1) is 19.1 Å². The lowest BCUT2D eigenvalue weighted by molar-refractivity contribution is -0.142. The zero-order valence-corrected chi connectivity index (χ0v) is 19.8. The molecule has 1 aromatic carbocycles. The third-order valence-electron chi connectivity index (χ3n) is 6.15. The first-order valence-corrected chi connectivity index (χ1v) is 12.5. The van der Waals surface area contributed by atoms with Gasteiger partial charge in [0.1, 0.15) is 0 Å². The second-order valence-electron chi connectivity index (χ2n) is 8.80. The molecule has 0 aliphatic rings. The van der Waals surface area contributed by atoms with Gasteiger partial charge in [-0.05, 0) is 24.5 Å². The molecule has 3 heteroatoms. The van der Waals surface area contributed by atoms with Gasteiger partial charge in [-0.15, -0.1) is 0 Å². The lowest BCUT2D eigenvalue weighted by atomic mass is 9.91. The maximum atomic E-state index is 12.2. The molecule has 0 aliphatic carbocycles. The Balaban J connectivity index is 2.13. The van der Waals surface area contributed by atoms with E-state index in [2.05, 4.69) is 6.92 Å². The number of benzene rings is 1. The highest BCUT2D eigenvalue weighted by molar-refractivity contribution is 5.78. The van der Waals surface area contributed by atoms with E-state index in [-0.39, 0.29) is 11.9 Å². The molecule has 2 atom stereocenters. The number of unbranched alkanes of at least 4 members (excludes halogenated alkanes) is 13. The van der Waals surface area contributed by atoms with E-state index < -0.39 is 6.10 Å². The lowest BCUT2D eigenvalue weighted by Crippen LogP contribution is -2.14. The molecule has 0 fully saturated rings. The van der Waals surface area contributed by atoms with E-state index >= 15 is 0 Å². The summed E-state index contributed by atoms with van der Waals surface area (Å²) in [6, 6.07) is 7.71. The minimum atomic E-state index is -0.485. The van der Waals surface area contributed by atoms with Crippen LogP contribution in [0.15, 0.2) is 24.3 Å². The Labute approximate surface area is 185 Å².